The summed E-state index contributed by atoms with van der Waals surface area (Å²) in [6.07, 6.45) is 0. The normalized spacial score (nSPS) is 10.4. The fourth-order valence-corrected chi connectivity index (χ4v) is 1.04. The number of nitrogen functional groups attached to an aromatic ring is 1. The zero-order chi connectivity index (χ0) is 11.4. The minimum Gasteiger partial charge on any atom is -0.462 e. The maximum absolute atomic E-state index is 13.0. The first-order valence-electron chi connectivity index (χ1n) is 4.73. The average molecular weight is 211 g/mol. The lowest BCUT2D eigenvalue weighted by Gasteiger charge is -2.08. The van der Waals surface area contributed by atoms with Crippen LogP contribution >= 0.6 is 0 Å². The molecule has 82 valence electrons. The van der Waals surface area contributed by atoms with Crippen molar-refractivity contribution in [1.82, 2.24) is 0 Å². The molecule has 0 saturated heterocycles. The maximum atomic E-state index is 13.0. The molecule has 0 spiro atoms. The van der Waals surface area contributed by atoms with Gasteiger partial charge in [0.05, 0.1) is 17.9 Å². The number of para-hydroxylation sites is 1. The molecule has 0 aliphatic rings. The number of anilines is 1. The molecule has 0 saturated carbocycles. The first-order chi connectivity index (χ1) is 7.02. The average Bonchev–Trinajstić information content (AvgIpc) is 2.18. The van der Waals surface area contributed by atoms with Gasteiger partial charge in [-0.15, -0.1) is 0 Å². The first kappa shape index (κ1) is 11.5. The molecule has 0 radical (unpaired) electrons. The van der Waals surface area contributed by atoms with Crippen molar-refractivity contribution >= 4 is 11.7 Å². The van der Waals surface area contributed by atoms with Gasteiger partial charge in [0.2, 0.25) is 0 Å². The van der Waals surface area contributed by atoms with Gasteiger partial charge < -0.3 is 10.5 Å². The molecule has 0 aliphatic carbocycles. The lowest BCUT2D eigenvalue weighted by atomic mass is 10.2. The molecule has 4 heteroatoms. The minimum absolute atomic E-state index is 0.0793. The van der Waals surface area contributed by atoms with Crippen LogP contribution in [0.4, 0.5) is 10.1 Å². The summed E-state index contributed by atoms with van der Waals surface area (Å²) < 4.78 is 17.9. The van der Waals surface area contributed by atoms with Gasteiger partial charge in [0, 0.05) is 0 Å². The van der Waals surface area contributed by atoms with Gasteiger partial charge in [-0.1, -0.05) is 19.9 Å². The fourth-order valence-electron chi connectivity index (χ4n) is 1.04. The molecule has 1 rings (SSSR count). The van der Waals surface area contributed by atoms with Crippen molar-refractivity contribution in [2.75, 3.05) is 12.3 Å². The lowest BCUT2D eigenvalue weighted by Crippen LogP contribution is -2.12. The van der Waals surface area contributed by atoms with Crippen LogP contribution in [0.1, 0.15) is 24.2 Å². The lowest BCUT2D eigenvalue weighted by molar-refractivity contribution is 0.0460. The van der Waals surface area contributed by atoms with Crippen molar-refractivity contribution in [3.8, 4) is 0 Å². The summed E-state index contributed by atoms with van der Waals surface area (Å²) in [5, 5.41) is 0. The van der Waals surface area contributed by atoms with E-state index in [0.717, 1.165) is 0 Å². The number of ether oxygens (including phenoxy) is 1. The Balaban J connectivity index is 2.78. The first-order valence-corrected chi connectivity index (χ1v) is 4.73. The van der Waals surface area contributed by atoms with E-state index in [9.17, 15) is 9.18 Å². The zero-order valence-corrected chi connectivity index (χ0v) is 8.79. The highest BCUT2D eigenvalue weighted by Gasteiger charge is 2.13. The van der Waals surface area contributed by atoms with Crippen molar-refractivity contribution < 1.29 is 13.9 Å². The quantitative estimate of drug-likeness (QED) is 0.616. The molecule has 0 heterocycles. The Bertz CT molecular complexity index is 364. The van der Waals surface area contributed by atoms with Crippen LogP contribution in [0.5, 0.6) is 0 Å². The van der Waals surface area contributed by atoms with Crippen LogP contribution in [-0.4, -0.2) is 12.6 Å². The number of rotatable bonds is 3. The standard InChI is InChI=1S/C11H14FNO2/c1-7(2)6-15-11(14)8-4-3-5-9(12)10(8)13/h3-5,7H,6,13H2,1-2H3. The second-order valence-electron chi connectivity index (χ2n) is 3.69. The molecular formula is C11H14FNO2. The third kappa shape index (κ3) is 2.94. The molecule has 0 unspecified atom stereocenters. The summed E-state index contributed by atoms with van der Waals surface area (Å²) in [5.74, 6) is -0.946. The number of halogens is 1. The number of benzene rings is 1. The number of nitrogens with two attached hydrogens (primary N) is 1. The molecule has 2 N–H and O–H groups in total. The Hall–Kier alpha value is -1.58. The van der Waals surface area contributed by atoms with Crippen molar-refractivity contribution in [3.05, 3.63) is 29.6 Å². The molecule has 0 fully saturated rings. The van der Waals surface area contributed by atoms with Crippen molar-refractivity contribution in [2.45, 2.75) is 13.8 Å². The molecular weight excluding hydrogens is 197 g/mol. The smallest absolute Gasteiger partial charge is 0.340 e. The van der Waals surface area contributed by atoms with E-state index in [4.69, 9.17) is 10.5 Å². The van der Waals surface area contributed by atoms with Crippen LogP contribution in [0.3, 0.4) is 0 Å². The van der Waals surface area contributed by atoms with Crippen LogP contribution < -0.4 is 5.73 Å². The van der Waals surface area contributed by atoms with Gasteiger partial charge in [0.15, 0.2) is 0 Å². The van der Waals surface area contributed by atoms with Gasteiger partial charge >= 0.3 is 5.97 Å². The third-order valence-corrected chi connectivity index (χ3v) is 1.82. The summed E-state index contributed by atoms with van der Waals surface area (Å²) in [6, 6.07) is 4.08. The highest BCUT2D eigenvalue weighted by Crippen LogP contribution is 2.16. The minimum atomic E-state index is -0.603. The van der Waals surface area contributed by atoms with E-state index in [1.165, 1.54) is 18.2 Å². The Labute approximate surface area is 88.0 Å². The van der Waals surface area contributed by atoms with E-state index in [1.807, 2.05) is 13.8 Å². The van der Waals surface area contributed by atoms with E-state index in [0.29, 0.717) is 6.61 Å². The Kier molecular flexibility index (Phi) is 3.66. The molecule has 0 atom stereocenters. The number of carbonyl (C=O) groups is 1. The SMILES string of the molecule is CC(C)COC(=O)c1cccc(F)c1N. The zero-order valence-electron chi connectivity index (χ0n) is 8.79. The molecule has 0 bridgehead atoms. The van der Waals surface area contributed by atoms with Crippen LogP contribution in [0, 0.1) is 11.7 Å². The number of hydrogen-bond donors (Lipinski definition) is 1. The Morgan fingerprint density at radius 1 is 1.53 bits per heavy atom. The Morgan fingerprint density at radius 3 is 2.80 bits per heavy atom. The van der Waals surface area contributed by atoms with Gasteiger partial charge in [0.25, 0.3) is 0 Å². The summed E-state index contributed by atoms with van der Waals surface area (Å²) >= 11 is 0. The summed E-state index contributed by atoms with van der Waals surface area (Å²) in [7, 11) is 0. The Morgan fingerprint density at radius 2 is 2.20 bits per heavy atom. The molecule has 0 aromatic heterocycles. The molecule has 15 heavy (non-hydrogen) atoms. The topological polar surface area (TPSA) is 52.3 Å². The van der Waals surface area contributed by atoms with Crippen molar-refractivity contribution in [3.63, 3.8) is 0 Å². The van der Waals surface area contributed by atoms with Crippen LogP contribution in [0.2, 0.25) is 0 Å². The summed E-state index contributed by atoms with van der Waals surface area (Å²) in [5.41, 5.74) is 5.33. The van der Waals surface area contributed by atoms with E-state index >= 15 is 0 Å². The largest absolute Gasteiger partial charge is 0.462 e. The number of hydrogen-bond acceptors (Lipinski definition) is 3. The van der Waals surface area contributed by atoms with E-state index < -0.39 is 11.8 Å². The predicted molar refractivity (Wildman–Crippen MR) is 55.9 cm³/mol. The van der Waals surface area contributed by atoms with Crippen LogP contribution in [0.25, 0.3) is 0 Å². The molecule has 1 aromatic carbocycles. The summed E-state index contributed by atoms with van der Waals surface area (Å²) in [4.78, 5) is 11.5. The molecule has 0 aliphatic heterocycles. The van der Waals surface area contributed by atoms with Gasteiger partial charge in [0.1, 0.15) is 5.82 Å². The summed E-state index contributed by atoms with van der Waals surface area (Å²) in [6.45, 7) is 4.14. The predicted octanol–water partition coefficient (Wildman–Crippen LogP) is 2.22. The highest BCUT2D eigenvalue weighted by molar-refractivity contribution is 5.95. The van der Waals surface area contributed by atoms with Gasteiger partial charge in [-0.05, 0) is 18.1 Å². The highest BCUT2D eigenvalue weighted by atomic mass is 19.1. The number of esters is 1. The molecule has 1 aromatic rings. The maximum Gasteiger partial charge on any atom is 0.340 e. The van der Waals surface area contributed by atoms with Gasteiger partial charge in [-0.25, -0.2) is 9.18 Å². The van der Waals surface area contributed by atoms with Gasteiger partial charge in [-0.2, -0.15) is 0 Å². The fraction of sp³-hybridized carbons (Fsp3) is 0.364. The van der Waals surface area contributed by atoms with Crippen molar-refractivity contribution in [2.24, 2.45) is 5.92 Å². The molecule has 0 amide bonds. The monoisotopic (exact) mass is 211 g/mol. The third-order valence-electron chi connectivity index (χ3n) is 1.82. The second-order valence-corrected chi connectivity index (χ2v) is 3.69. The molecule has 3 nitrogen and oxygen atoms in total. The van der Waals surface area contributed by atoms with Crippen molar-refractivity contribution in [1.29, 1.82) is 0 Å². The number of carbonyl (C=O) groups excluding carboxylic acids is 1. The van der Waals surface area contributed by atoms with E-state index in [2.05, 4.69) is 0 Å². The second kappa shape index (κ2) is 4.77. The van der Waals surface area contributed by atoms with Gasteiger partial charge in [-0.3, -0.25) is 0 Å². The van der Waals surface area contributed by atoms with E-state index in [1.54, 1.807) is 0 Å². The van der Waals surface area contributed by atoms with Crippen LogP contribution in [0.15, 0.2) is 18.2 Å². The van der Waals surface area contributed by atoms with E-state index in [-0.39, 0.29) is 17.2 Å². The van der Waals surface area contributed by atoms with Crippen LogP contribution in [-0.2, 0) is 4.74 Å².